The van der Waals surface area contributed by atoms with Gasteiger partial charge in [-0.3, -0.25) is 0 Å². The Morgan fingerprint density at radius 2 is 2.12 bits per heavy atom. The molecular weight excluding hydrogens is 224 g/mol. The molecule has 0 saturated heterocycles. The smallest absolute Gasteiger partial charge is 0.128 e. The topological polar surface area (TPSA) is 26.2 Å². The molecule has 2 aromatic rings. The Kier molecular flexibility index (Phi) is 4.21. The molecule has 2 rings (SSSR count). The third kappa shape index (κ3) is 2.01. The van der Waals surface area contributed by atoms with Gasteiger partial charge in [-0.25, -0.2) is 0 Å². The lowest BCUT2D eigenvalue weighted by molar-refractivity contribution is 0.420. The zero-order chi connectivity index (χ0) is 10.8. The molecule has 4 heteroatoms. The summed E-state index contributed by atoms with van der Waals surface area (Å²) in [4.78, 5) is 0. The summed E-state index contributed by atoms with van der Waals surface area (Å²) in [6.07, 6.45) is 0. The van der Waals surface area contributed by atoms with Crippen LogP contribution in [0.5, 0.6) is 5.75 Å². The van der Waals surface area contributed by atoms with E-state index in [1.54, 1.807) is 7.11 Å². The van der Waals surface area contributed by atoms with Crippen LogP contribution >= 0.6 is 12.4 Å². The summed E-state index contributed by atoms with van der Waals surface area (Å²) in [6.45, 7) is 0.869. The van der Waals surface area contributed by atoms with Crippen LogP contribution in [0.2, 0.25) is 0 Å². The highest BCUT2D eigenvalue weighted by atomic mass is 35.5. The maximum atomic E-state index is 5.34. The van der Waals surface area contributed by atoms with Gasteiger partial charge in [-0.05, 0) is 25.2 Å². The standard InChI is InChI=1S/C12H16N2O.ClH/c1-13-8-9-7-10-11(14(9)2)5-4-6-12(10)15-3;/h4-7,13H,8H2,1-3H3;1H. The van der Waals surface area contributed by atoms with Gasteiger partial charge in [0.2, 0.25) is 0 Å². The van der Waals surface area contributed by atoms with Crippen molar-refractivity contribution in [1.29, 1.82) is 0 Å². The fraction of sp³-hybridized carbons (Fsp3) is 0.333. The molecule has 0 bridgehead atoms. The Labute approximate surface area is 102 Å². The minimum Gasteiger partial charge on any atom is -0.496 e. The molecule has 0 unspecified atom stereocenters. The van der Waals surface area contributed by atoms with Gasteiger partial charge in [0.25, 0.3) is 0 Å². The first-order valence-corrected chi connectivity index (χ1v) is 5.04. The van der Waals surface area contributed by atoms with Crippen LogP contribution < -0.4 is 10.1 Å². The van der Waals surface area contributed by atoms with Gasteiger partial charge in [-0.1, -0.05) is 6.07 Å². The van der Waals surface area contributed by atoms with Crippen molar-refractivity contribution in [2.75, 3.05) is 14.2 Å². The average molecular weight is 241 g/mol. The summed E-state index contributed by atoms with van der Waals surface area (Å²) in [5.41, 5.74) is 2.47. The Morgan fingerprint density at radius 3 is 2.75 bits per heavy atom. The van der Waals surface area contributed by atoms with Crippen LogP contribution in [-0.4, -0.2) is 18.7 Å². The van der Waals surface area contributed by atoms with Crippen molar-refractivity contribution in [3.8, 4) is 5.75 Å². The lowest BCUT2D eigenvalue weighted by Gasteiger charge is -2.03. The number of aromatic nitrogens is 1. The molecule has 1 aromatic carbocycles. The normalized spacial score (nSPS) is 10.2. The van der Waals surface area contributed by atoms with Crippen molar-refractivity contribution in [3.05, 3.63) is 30.0 Å². The van der Waals surface area contributed by atoms with Crippen LogP contribution in [0.3, 0.4) is 0 Å². The second-order valence-electron chi connectivity index (χ2n) is 3.62. The summed E-state index contributed by atoms with van der Waals surface area (Å²) >= 11 is 0. The molecule has 1 aromatic heterocycles. The Hall–Kier alpha value is -1.19. The van der Waals surface area contributed by atoms with E-state index in [-0.39, 0.29) is 12.4 Å². The van der Waals surface area contributed by atoms with Gasteiger partial charge in [0.1, 0.15) is 5.75 Å². The van der Waals surface area contributed by atoms with Crippen molar-refractivity contribution in [2.24, 2.45) is 7.05 Å². The van der Waals surface area contributed by atoms with Gasteiger partial charge in [0.15, 0.2) is 0 Å². The molecule has 0 fully saturated rings. The first-order chi connectivity index (χ1) is 7.27. The molecule has 0 aliphatic rings. The molecule has 1 N–H and O–H groups in total. The lowest BCUT2D eigenvalue weighted by atomic mass is 10.2. The third-order valence-corrected chi connectivity index (χ3v) is 2.72. The number of halogens is 1. The van der Waals surface area contributed by atoms with Gasteiger partial charge >= 0.3 is 0 Å². The number of hydrogen-bond acceptors (Lipinski definition) is 2. The molecule has 88 valence electrons. The number of hydrogen-bond donors (Lipinski definition) is 1. The van der Waals surface area contributed by atoms with E-state index in [1.807, 2.05) is 19.2 Å². The molecule has 0 amide bonds. The van der Waals surface area contributed by atoms with E-state index in [9.17, 15) is 0 Å². The van der Waals surface area contributed by atoms with E-state index < -0.39 is 0 Å². The zero-order valence-electron chi connectivity index (χ0n) is 9.78. The maximum Gasteiger partial charge on any atom is 0.128 e. The summed E-state index contributed by atoms with van der Waals surface area (Å²) in [5.74, 6) is 0.936. The molecule has 0 aliphatic carbocycles. The largest absolute Gasteiger partial charge is 0.496 e. The first kappa shape index (κ1) is 12.9. The molecule has 0 spiro atoms. The fourth-order valence-corrected chi connectivity index (χ4v) is 1.92. The fourth-order valence-electron chi connectivity index (χ4n) is 1.92. The van der Waals surface area contributed by atoms with Crippen molar-refractivity contribution in [2.45, 2.75) is 6.54 Å². The number of fused-ring (bicyclic) bond motifs is 1. The van der Waals surface area contributed by atoms with Crippen LogP contribution in [0.1, 0.15) is 5.69 Å². The van der Waals surface area contributed by atoms with E-state index in [2.05, 4.69) is 29.1 Å². The second-order valence-corrected chi connectivity index (χ2v) is 3.62. The summed E-state index contributed by atoms with van der Waals surface area (Å²) in [5, 5.41) is 4.34. The number of nitrogens with one attached hydrogen (secondary N) is 1. The van der Waals surface area contributed by atoms with Crippen LogP contribution in [0.4, 0.5) is 0 Å². The number of ether oxygens (including phenoxy) is 1. The maximum absolute atomic E-state index is 5.34. The van der Waals surface area contributed by atoms with Crippen LogP contribution in [0, 0.1) is 0 Å². The van der Waals surface area contributed by atoms with Gasteiger partial charge in [0.05, 0.1) is 12.6 Å². The number of methoxy groups -OCH3 is 1. The average Bonchev–Trinajstić information content (AvgIpc) is 2.57. The third-order valence-electron chi connectivity index (χ3n) is 2.72. The number of nitrogens with zero attached hydrogens (tertiary/aromatic N) is 1. The quantitative estimate of drug-likeness (QED) is 0.891. The molecule has 0 saturated carbocycles. The Bertz CT molecular complexity index is 479. The van der Waals surface area contributed by atoms with Gasteiger partial charge in [-0.2, -0.15) is 0 Å². The van der Waals surface area contributed by atoms with Crippen molar-refractivity contribution in [3.63, 3.8) is 0 Å². The van der Waals surface area contributed by atoms with Crippen LogP contribution in [0.25, 0.3) is 10.9 Å². The lowest BCUT2D eigenvalue weighted by Crippen LogP contribution is -2.08. The van der Waals surface area contributed by atoms with E-state index in [1.165, 1.54) is 16.6 Å². The predicted molar refractivity (Wildman–Crippen MR) is 69.5 cm³/mol. The highest BCUT2D eigenvalue weighted by Crippen LogP contribution is 2.27. The van der Waals surface area contributed by atoms with Gasteiger partial charge < -0.3 is 14.6 Å². The van der Waals surface area contributed by atoms with Crippen LogP contribution in [-0.2, 0) is 13.6 Å². The molecule has 16 heavy (non-hydrogen) atoms. The van der Waals surface area contributed by atoms with Crippen molar-refractivity contribution < 1.29 is 4.74 Å². The molecular formula is C12H17ClN2O. The zero-order valence-corrected chi connectivity index (χ0v) is 10.6. The molecule has 1 heterocycles. The monoisotopic (exact) mass is 240 g/mol. The number of rotatable bonds is 3. The highest BCUT2D eigenvalue weighted by molar-refractivity contribution is 5.87. The van der Waals surface area contributed by atoms with E-state index in [4.69, 9.17) is 4.74 Å². The van der Waals surface area contributed by atoms with Crippen molar-refractivity contribution >= 4 is 23.3 Å². The molecule has 3 nitrogen and oxygen atoms in total. The van der Waals surface area contributed by atoms with Crippen LogP contribution in [0.15, 0.2) is 24.3 Å². The van der Waals surface area contributed by atoms with Gasteiger partial charge in [-0.15, -0.1) is 12.4 Å². The minimum absolute atomic E-state index is 0. The number of aryl methyl sites for hydroxylation is 1. The van der Waals surface area contributed by atoms with Crippen molar-refractivity contribution in [1.82, 2.24) is 9.88 Å². The van der Waals surface area contributed by atoms with E-state index in [0.29, 0.717) is 0 Å². The minimum atomic E-state index is 0. The Morgan fingerprint density at radius 1 is 1.38 bits per heavy atom. The number of benzene rings is 1. The predicted octanol–water partition coefficient (Wildman–Crippen LogP) is 2.33. The first-order valence-electron chi connectivity index (χ1n) is 5.04. The summed E-state index contributed by atoms with van der Waals surface area (Å²) < 4.78 is 7.53. The SMILES string of the molecule is CNCc1cc2c(OC)cccc2n1C.Cl. The van der Waals surface area contributed by atoms with E-state index >= 15 is 0 Å². The molecule has 0 aliphatic heterocycles. The molecule has 0 radical (unpaired) electrons. The van der Waals surface area contributed by atoms with Gasteiger partial charge in [0, 0.05) is 24.7 Å². The van der Waals surface area contributed by atoms with E-state index in [0.717, 1.165) is 12.3 Å². The second kappa shape index (κ2) is 5.23. The molecule has 0 atom stereocenters. The Balaban J connectivity index is 0.00000128. The highest BCUT2D eigenvalue weighted by Gasteiger charge is 2.08. The summed E-state index contributed by atoms with van der Waals surface area (Å²) in [7, 11) is 5.74. The summed E-state index contributed by atoms with van der Waals surface area (Å²) in [6, 6.07) is 8.29.